The van der Waals surface area contributed by atoms with Crippen molar-refractivity contribution >= 4 is 56.8 Å². The highest BCUT2D eigenvalue weighted by molar-refractivity contribution is 14.1. The van der Waals surface area contributed by atoms with Gasteiger partial charge in [0, 0.05) is 7.05 Å². The molecule has 7 heteroatoms. The van der Waals surface area contributed by atoms with Gasteiger partial charge in [-0.1, -0.05) is 11.6 Å². The van der Waals surface area contributed by atoms with Crippen LogP contribution in [0.15, 0.2) is 12.5 Å². The summed E-state index contributed by atoms with van der Waals surface area (Å²) in [7, 11) is 1.90. The van der Waals surface area contributed by atoms with Gasteiger partial charge in [0.1, 0.15) is 18.4 Å². The molecule has 0 aromatic carbocycles. The second kappa shape index (κ2) is 4.58. The van der Waals surface area contributed by atoms with Crippen LogP contribution in [0.1, 0.15) is 5.82 Å². The van der Waals surface area contributed by atoms with Crippen molar-refractivity contribution in [1.82, 2.24) is 19.1 Å². The second-order valence-corrected chi connectivity index (χ2v) is 5.44. The molecule has 0 aliphatic carbocycles. The smallest absolute Gasteiger partial charge is 0.132 e. The molecule has 2 rings (SSSR count). The molecule has 0 unspecified atom stereocenters. The number of nitrogens with zero attached hydrogens (tertiary/aromatic N) is 4. The molecular weight excluding hydrogens is 441 g/mol. The Hall–Kier alpha value is 0.170. The quantitative estimate of drug-likeness (QED) is 0.662. The van der Waals surface area contributed by atoms with E-state index in [1.165, 1.54) is 0 Å². The Bertz CT molecular complexity index is 447. The molecule has 0 saturated carbocycles. The van der Waals surface area contributed by atoms with Crippen molar-refractivity contribution in [3.8, 4) is 0 Å². The van der Waals surface area contributed by atoms with Gasteiger partial charge in [-0.25, -0.2) is 9.97 Å². The van der Waals surface area contributed by atoms with E-state index in [0.717, 1.165) is 13.2 Å². The van der Waals surface area contributed by atoms with Gasteiger partial charge in [0.2, 0.25) is 0 Å². The molecule has 0 bridgehead atoms. The third-order valence-corrected chi connectivity index (χ3v) is 5.38. The molecule has 0 aliphatic rings. The third kappa shape index (κ3) is 2.31. The first-order chi connectivity index (χ1) is 7.09. The highest BCUT2D eigenvalue weighted by Crippen LogP contribution is 2.16. The summed E-state index contributed by atoms with van der Waals surface area (Å²) in [5.41, 5.74) is 0. The Labute approximate surface area is 119 Å². The van der Waals surface area contributed by atoms with E-state index in [1.807, 2.05) is 22.5 Å². The van der Waals surface area contributed by atoms with Gasteiger partial charge in [-0.3, -0.25) is 0 Å². The Kier molecular flexibility index (Phi) is 3.56. The van der Waals surface area contributed by atoms with Crippen molar-refractivity contribution in [1.29, 1.82) is 0 Å². The van der Waals surface area contributed by atoms with Gasteiger partial charge in [0.05, 0.1) is 19.1 Å². The first-order valence-corrected chi connectivity index (χ1v) is 6.65. The largest absolute Gasteiger partial charge is 0.321 e. The van der Waals surface area contributed by atoms with E-state index in [1.54, 1.807) is 6.20 Å². The van der Waals surface area contributed by atoms with Gasteiger partial charge in [0.15, 0.2) is 0 Å². The molecule has 2 heterocycles. The van der Waals surface area contributed by atoms with Gasteiger partial charge >= 0.3 is 0 Å². The summed E-state index contributed by atoms with van der Waals surface area (Å²) >= 11 is 10.4. The topological polar surface area (TPSA) is 35.6 Å². The van der Waals surface area contributed by atoms with E-state index in [4.69, 9.17) is 11.6 Å². The van der Waals surface area contributed by atoms with Gasteiger partial charge in [-0.15, -0.1) is 0 Å². The minimum Gasteiger partial charge on any atom is -0.321 e. The maximum Gasteiger partial charge on any atom is 0.132 e. The summed E-state index contributed by atoms with van der Waals surface area (Å²) in [6.07, 6.45) is 3.47. The number of aromatic nitrogens is 4. The van der Waals surface area contributed by atoms with Crippen LogP contribution >= 0.6 is 56.8 Å². The Balaban J connectivity index is 2.29. The van der Waals surface area contributed by atoms with Crippen LogP contribution in [0, 0.1) is 7.40 Å². The average molecular weight is 448 g/mol. The van der Waals surface area contributed by atoms with Crippen LogP contribution in [0.2, 0.25) is 5.15 Å². The average Bonchev–Trinajstić information content (AvgIpc) is 2.68. The van der Waals surface area contributed by atoms with E-state index in [-0.39, 0.29) is 0 Å². The van der Waals surface area contributed by atoms with E-state index >= 15 is 0 Å². The van der Waals surface area contributed by atoms with Crippen LogP contribution in [-0.2, 0) is 13.6 Å². The van der Waals surface area contributed by atoms with Crippen molar-refractivity contribution in [2.24, 2.45) is 7.05 Å². The molecule has 0 spiro atoms. The van der Waals surface area contributed by atoms with Gasteiger partial charge in [-0.2, -0.15) is 0 Å². The molecule has 0 atom stereocenters. The van der Waals surface area contributed by atoms with Crippen LogP contribution in [0.4, 0.5) is 0 Å². The van der Waals surface area contributed by atoms with Crippen molar-refractivity contribution in [3.05, 3.63) is 30.9 Å². The maximum atomic E-state index is 5.91. The lowest BCUT2D eigenvalue weighted by Crippen LogP contribution is -2.06. The molecule has 4 nitrogen and oxygen atoms in total. The van der Waals surface area contributed by atoms with E-state index in [0.29, 0.717) is 11.7 Å². The number of hydrogen-bond acceptors (Lipinski definition) is 2. The Morgan fingerprint density at radius 2 is 2.13 bits per heavy atom. The molecule has 2 aromatic rings. The highest BCUT2D eigenvalue weighted by Gasteiger charge is 2.09. The first-order valence-electron chi connectivity index (χ1n) is 4.12. The zero-order valence-electron chi connectivity index (χ0n) is 7.78. The Morgan fingerprint density at radius 1 is 1.40 bits per heavy atom. The molecule has 15 heavy (non-hydrogen) atoms. The van der Waals surface area contributed by atoms with Crippen molar-refractivity contribution < 1.29 is 0 Å². The number of hydrogen-bond donors (Lipinski definition) is 0. The van der Waals surface area contributed by atoms with E-state index in [9.17, 15) is 0 Å². The van der Waals surface area contributed by atoms with Crippen LogP contribution in [0.3, 0.4) is 0 Å². The van der Waals surface area contributed by atoms with Gasteiger partial charge in [-0.05, 0) is 45.2 Å². The lowest BCUT2D eigenvalue weighted by molar-refractivity contribution is 0.688. The monoisotopic (exact) mass is 448 g/mol. The SMILES string of the molecule is Cn1c(Cl)cnc1Cn1cnc(I)c1I. The van der Waals surface area contributed by atoms with Crippen LogP contribution in [-0.4, -0.2) is 19.1 Å². The first kappa shape index (κ1) is 11.6. The van der Waals surface area contributed by atoms with E-state index in [2.05, 4.69) is 55.1 Å². The molecule has 0 aliphatic heterocycles. The summed E-state index contributed by atoms with van der Waals surface area (Å²) < 4.78 is 6.03. The minimum atomic E-state index is 0.648. The van der Waals surface area contributed by atoms with Crippen molar-refractivity contribution in [2.75, 3.05) is 0 Å². The predicted molar refractivity (Wildman–Crippen MR) is 75.0 cm³/mol. The van der Waals surface area contributed by atoms with Crippen LogP contribution < -0.4 is 0 Å². The molecule has 0 saturated heterocycles. The normalized spacial score (nSPS) is 10.9. The number of imidazole rings is 2. The van der Waals surface area contributed by atoms with Crippen LogP contribution in [0.5, 0.6) is 0 Å². The summed E-state index contributed by atoms with van der Waals surface area (Å²) in [5, 5.41) is 0.648. The fraction of sp³-hybridized carbons (Fsp3) is 0.250. The third-order valence-electron chi connectivity index (χ3n) is 2.07. The van der Waals surface area contributed by atoms with Gasteiger partial charge in [0.25, 0.3) is 0 Å². The summed E-state index contributed by atoms with van der Waals surface area (Å²) in [6.45, 7) is 0.692. The summed E-state index contributed by atoms with van der Waals surface area (Å²) in [4.78, 5) is 8.46. The number of rotatable bonds is 2. The molecule has 80 valence electrons. The Morgan fingerprint density at radius 3 is 2.60 bits per heavy atom. The zero-order valence-corrected chi connectivity index (χ0v) is 12.9. The lowest BCUT2D eigenvalue weighted by atomic mass is 10.6. The molecule has 0 fully saturated rings. The fourth-order valence-corrected chi connectivity index (χ4v) is 2.19. The standard InChI is InChI=1S/C8H7ClI2N4/c1-14-5(9)2-12-6(14)3-15-4-13-7(10)8(15)11/h2,4H,3H2,1H3. The summed E-state index contributed by atoms with van der Waals surface area (Å²) in [5.74, 6) is 0.923. The van der Waals surface area contributed by atoms with E-state index < -0.39 is 0 Å². The van der Waals surface area contributed by atoms with Crippen molar-refractivity contribution in [3.63, 3.8) is 0 Å². The molecule has 2 aromatic heterocycles. The summed E-state index contributed by atoms with van der Waals surface area (Å²) in [6, 6.07) is 0. The lowest BCUT2D eigenvalue weighted by Gasteiger charge is -2.04. The molecule has 0 N–H and O–H groups in total. The molecular formula is C8H7ClI2N4. The maximum absolute atomic E-state index is 5.91. The number of halogens is 3. The highest BCUT2D eigenvalue weighted by atomic mass is 127. The minimum absolute atomic E-state index is 0.648. The molecule has 0 radical (unpaired) electrons. The van der Waals surface area contributed by atoms with Crippen LogP contribution in [0.25, 0.3) is 0 Å². The zero-order chi connectivity index (χ0) is 11.0. The second-order valence-electron chi connectivity index (χ2n) is 3.01. The van der Waals surface area contributed by atoms with Crippen molar-refractivity contribution in [2.45, 2.75) is 6.54 Å². The fourth-order valence-electron chi connectivity index (χ4n) is 1.18. The molecule has 0 amide bonds. The predicted octanol–water partition coefficient (Wildman–Crippen LogP) is 2.53. The van der Waals surface area contributed by atoms with Gasteiger partial charge < -0.3 is 9.13 Å².